The van der Waals surface area contributed by atoms with Crippen molar-refractivity contribution < 1.29 is 37.4 Å². The number of halogens is 3. The van der Waals surface area contributed by atoms with E-state index >= 15 is 0 Å². The van der Waals surface area contributed by atoms with Crippen LogP contribution in [0.4, 0.5) is 18.9 Å². The molecule has 0 aliphatic heterocycles. The van der Waals surface area contributed by atoms with Gasteiger partial charge in [0.25, 0.3) is 5.09 Å². The number of anilines is 1. The third-order valence-electron chi connectivity index (χ3n) is 2.56. The first-order valence-corrected chi connectivity index (χ1v) is 6.88. The standard InChI is InChI=1S/C13H16F3N3O6/c1-8(17)12(20)18-10-6-9(23-4-5-25-19(21)22)2-3-11(10)24-7-13(14,15)16/h2-3,6,8H,4-5,7,17H2,1H3,(H,18,20). The van der Waals surface area contributed by atoms with Crippen LogP contribution in [0.2, 0.25) is 0 Å². The molecule has 0 spiro atoms. The highest BCUT2D eigenvalue weighted by atomic mass is 19.4. The molecule has 1 unspecified atom stereocenters. The SMILES string of the molecule is CC(N)C(=O)Nc1cc(OCCO[N+](=O)[O-])ccc1OCC(F)(F)F. The number of nitrogens with two attached hydrogens (primary N) is 1. The first kappa shape index (κ1) is 20.3. The van der Waals surface area contributed by atoms with Gasteiger partial charge in [-0.2, -0.15) is 13.2 Å². The summed E-state index contributed by atoms with van der Waals surface area (Å²) in [5.74, 6) is -0.753. The minimum absolute atomic E-state index is 0.0840. The topological polar surface area (TPSA) is 126 Å². The summed E-state index contributed by atoms with van der Waals surface area (Å²) in [5.41, 5.74) is 5.31. The maximum Gasteiger partial charge on any atom is 0.422 e. The molecule has 0 aliphatic rings. The maximum absolute atomic E-state index is 12.3. The van der Waals surface area contributed by atoms with Gasteiger partial charge in [0.05, 0.1) is 11.7 Å². The summed E-state index contributed by atoms with van der Waals surface area (Å²) in [6.07, 6.45) is -4.56. The molecule has 0 saturated carbocycles. The highest BCUT2D eigenvalue weighted by Crippen LogP contribution is 2.31. The summed E-state index contributed by atoms with van der Waals surface area (Å²) in [6, 6.07) is 2.73. The van der Waals surface area contributed by atoms with Crippen molar-refractivity contribution in [3.63, 3.8) is 0 Å². The van der Waals surface area contributed by atoms with Crippen molar-refractivity contribution in [1.29, 1.82) is 0 Å². The van der Waals surface area contributed by atoms with Gasteiger partial charge in [0.15, 0.2) is 6.61 Å². The fourth-order valence-corrected chi connectivity index (χ4v) is 1.50. The van der Waals surface area contributed by atoms with E-state index in [9.17, 15) is 28.1 Å². The average Bonchev–Trinajstić information content (AvgIpc) is 2.49. The quantitative estimate of drug-likeness (QED) is 0.385. The largest absolute Gasteiger partial charge is 0.491 e. The molecule has 25 heavy (non-hydrogen) atoms. The number of carbonyl (C=O) groups excluding carboxylic acids is 1. The van der Waals surface area contributed by atoms with Crippen molar-refractivity contribution in [2.45, 2.75) is 19.1 Å². The zero-order valence-electron chi connectivity index (χ0n) is 13.0. The lowest BCUT2D eigenvalue weighted by molar-refractivity contribution is -0.757. The molecule has 0 aliphatic carbocycles. The number of rotatable bonds is 9. The summed E-state index contributed by atoms with van der Waals surface area (Å²) in [4.78, 5) is 25.7. The Balaban J connectivity index is 2.85. The maximum atomic E-state index is 12.3. The Kier molecular flexibility index (Phi) is 7.23. The van der Waals surface area contributed by atoms with E-state index in [4.69, 9.17) is 10.5 Å². The molecule has 1 amide bonds. The van der Waals surface area contributed by atoms with Gasteiger partial charge in [-0.25, -0.2) is 0 Å². The van der Waals surface area contributed by atoms with E-state index < -0.39 is 29.8 Å². The molecule has 1 atom stereocenters. The molecule has 1 aromatic rings. The first-order valence-electron chi connectivity index (χ1n) is 6.88. The van der Waals surface area contributed by atoms with Crippen LogP contribution in [0.25, 0.3) is 0 Å². The summed E-state index contributed by atoms with van der Waals surface area (Å²) >= 11 is 0. The van der Waals surface area contributed by atoms with Crippen molar-refractivity contribution in [2.24, 2.45) is 5.73 Å². The van der Waals surface area contributed by atoms with Crippen LogP contribution in [-0.4, -0.2) is 43.0 Å². The van der Waals surface area contributed by atoms with Crippen LogP contribution in [-0.2, 0) is 9.63 Å². The Labute approximate surface area is 139 Å². The molecule has 3 N–H and O–H groups in total. The second-order valence-electron chi connectivity index (χ2n) is 4.75. The van der Waals surface area contributed by atoms with Gasteiger partial charge in [-0.3, -0.25) is 4.79 Å². The summed E-state index contributed by atoms with van der Waals surface area (Å²) < 4.78 is 46.7. The lowest BCUT2D eigenvalue weighted by atomic mass is 10.2. The average molecular weight is 367 g/mol. The van der Waals surface area contributed by atoms with Gasteiger partial charge in [0.2, 0.25) is 5.91 Å². The zero-order chi connectivity index (χ0) is 19.0. The van der Waals surface area contributed by atoms with E-state index in [0.29, 0.717) is 0 Å². The Morgan fingerprint density at radius 2 is 2.04 bits per heavy atom. The normalized spacial score (nSPS) is 12.2. The van der Waals surface area contributed by atoms with Crippen molar-refractivity contribution in [3.8, 4) is 11.5 Å². The van der Waals surface area contributed by atoms with Gasteiger partial charge >= 0.3 is 6.18 Å². The molecule has 0 aromatic heterocycles. The summed E-state index contributed by atoms with van der Waals surface area (Å²) in [7, 11) is 0. The van der Waals surface area contributed by atoms with Crippen molar-refractivity contribution in [2.75, 3.05) is 25.1 Å². The monoisotopic (exact) mass is 367 g/mol. The minimum Gasteiger partial charge on any atom is -0.491 e. The van der Waals surface area contributed by atoms with Gasteiger partial charge < -0.3 is 25.4 Å². The van der Waals surface area contributed by atoms with Crippen LogP contribution >= 0.6 is 0 Å². The molecule has 0 heterocycles. The van der Waals surface area contributed by atoms with Crippen LogP contribution in [0.1, 0.15) is 6.92 Å². The van der Waals surface area contributed by atoms with E-state index in [2.05, 4.69) is 14.9 Å². The molecule has 0 fully saturated rings. The van der Waals surface area contributed by atoms with E-state index in [-0.39, 0.29) is 30.4 Å². The third-order valence-corrected chi connectivity index (χ3v) is 2.56. The van der Waals surface area contributed by atoms with Crippen LogP contribution in [0, 0.1) is 10.1 Å². The first-order chi connectivity index (χ1) is 11.6. The Morgan fingerprint density at radius 1 is 1.36 bits per heavy atom. The number of carbonyl (C=O) groups is 1. The van der Waals surface area contributed by atoms with Crippen LogP contribution in [0.15, 0.2) is 18.2 Å². The number of nitrogens with zero attached hydrogens (tertiary/aromatic N) is 1. The van der Waals surface area contributed by atoms with E-state index in [0.717, 1.165) is 6.07 Å². The molecule has 140 valence electrons. The molecule has 12 heteroatoms. The predicted octanol–water partition coefficient (Wildman–Crippen LogP) is 1.50. The molecule has 9 nitrogen and oxygen atoms in total. The number of ether oxygens (including phenoxy) is 2. The Hall–Kier alpha value is -2.76. The second kappa shape index (κ2) is 8.92. The number of hydrogen-bond donors (Lipinski definition) is 2. The fourth-order valence-electron chi connectivity index (χ4n) is 1.50. The van der Waals surface area contributed by atoms with Gasteiger partial charge in [-0.05, 0) is 19.1 Å². The van der Waals surface area contributed by atoms with Crippen LogP contribution < -0.4 is 20.5 Å². The lowest BCUT2D eigenvalue weighted by Crippen LogP contribution is -2.32. The van der Waals surface area contributed by atoms with Gasteiger partial charge in [-0.15, -0.1) is 10.1 Å². The van der Waals surface area contributed by atoms with Gasteiger partial charge in [-0.1, -0.05) is 0 Å². The number of benzene rings is 1. The number of amides is 1. The van der Waals surface area contributed by atoms with Crippen molar-refractivity contribution >= 4 is 11.6 Å². The molecule has 0 saturated heterocycles. The second-order valence-corrected chi connectivity index (χ2v) is 4.75. The predicted molar refractivity (Wildman–Crippen MR) is 78.7 cm³/mol. The number of alkyl halides is 3. The Bertz CT molecular complexity index is 609. The van der Waals surface area contributed by atoms with Gasteiger partial charge in [0, 0.05) is 6.07 Å². The fraction of sp³-hybridized carbons (Fsp3) is 0.462. The van der Waals surface area contributed by atoms with Gasteiger partial charge in [0.1, 0.15) is 24.7 Å². The lowest BCUT2D eigenvalue weighted by Gasteiger charge is -2.16. The molecule has 1 aromatic carbocycles. The molecular weight excluding hydrogens is 351 g/mol. The number of hydrogen-bond acceptors (Lipinski definition) is 7. The van der Waals surface area contributed by atoms with Crippen molar-refractivity contribution in [3.05, 3.63) is 28.3 Å². The minimum atomic E-state index is -4.56. The molecular formula is C13H16F3N3O6. The molecule has 0 bridgehead atoms. The Morgan fingerprint density at radius 3 is 2.60 bits per heavy atom. The van der Waals surface area contributed by atoms with E-state index in [1.165, 1.54) is 19.1 Å². The van der Waals surface area contributed by atoms with Crippen molar-refractivity contribution in [1.82, 2.24) is 0 Å². The van der Waals surface area contributed by atoms with Crippen LogP contribution in [0.5, 0.6) is 11.5 Å². The molecule has 1 rings (SSSR count). The smallest absolute Gasteiger partial charge is 0.422 e. The third kappa shape index (κ3) is 8.06. The summed E-state index contributed by atoms with van der Waals surface area (Å²) in [5, 5.41) is 11.3. The molecule has 0 radical (unpaired) electrons. The highest BCUT2D eigenvalue weighted by molar-refractivity contribution is 5.95. The highest BCUT2D eigenvalue weighted by Gasteiger charge is 2.29. The number of nitrogens with one attached hydrogen (secondary N) is 1. The summed E-state index contributed by atoms with van der Waals surface area (Å²) in [6.45, 7) is -0.697. The zero-order valence-corrected chi connectivity index (χ0v) is 13.0. The van der Waals surface area contributed by atoms with E-state index in [1.807, 2.05) is 0 Å². The van der Waals surface area contributed by atoms with Crippen LogP contribution in [0.3, 0.4) is 0 Å². The van der Waals surface area contributed by atoms with E-state index in [1.54, 1.807) is 0 Å².